The second kappa shape index (κ2) is 10.3. The number of hydrogen-bond acceptors (Lipinski definition) is 7. The number of alkyl halides is 3. The molecule has 3 aromatic heterocycles. The largest absolute Gasteiger partial charge is 0.490 e. The third-order valence-corrected chi connectivity index (χ3v) is 5.58. The number of aromatic amines is 1. The minimum atomic E-state index is -5.08. The molecule has 4 heterocycles. The van der Waals surface area contributed by atoms with E-state index in [2.05, 4.69) is 30.8 Å². The first kappa shape index (κ1) is 23.3. The summed E-state index contributed by atoms with van der Waals surface area (Å²) in [5, 5.41) is 20.5. The van der Waals surface area contributed by atoms with E-state index in [1.54, 1.807) is 23.7 Å². The monoisotopic (exact) mass is 468 g/mol. The number of halogens is 3. The molecule has 0 spiro atoms. The van der Waals surface area contributed by atoms with E-state index in [9.17, 15) is 18.0 Å². The first-order valence-corrected chi connectivity index (χ1v) is 10.3. The summed E-state index contributed by atoms with van der Waals surface area (Å²) in [5.41, 5.74) is 0.885. The summed E-state index contributed by atoms with van der Waals surface area (Å²) in [6.45, 7) is 1.36. The van der Waals surface area contributed by atoms with Gasteiger partial charge < -0.3 is 15.7 Å². The second-order valence-electron chi connectivity index (χ2n) is 6.68. The predicted molar refractivity (Wildman–Crippen MR) is 109 cm³/mol. The highest BCUT2D eigenvalue weighted by atomic mass is 32.1. The van der Waals surface area contributed by atoms with Crippen LogP contribution in [0, 0.1) is 0 Å². The average Bonchev–Trinajstić information content (AvgIpc) is 3.54. The third kappa shape index (κ3) is 6.34. The fourth-order valence-electron chi connectivity index (χ4n) is 2.85. The van der Waals surface area contributed by atoms with Crippen LogP contribution in [0.15, 0.2) is 36.7 Å². The Bertz CT molecular complexity index is 1050. The Labute approximate surface area is 184 Å². The first-order chi connectivity index (χ1) is 15.2. The number of carbonyl (C=O) groups is 2. The number of rotatable bonds is 5. The van der Waals surface area contributed by atoms with Gasteiger partial charge in [-0.05, 0) is 43.7 Å². The molecule has 0 aromatic carbocycles. The van der Waals surface area contributed by atoms with Crippen LogP contribution in [0.1, 0.15) is 39.3 Å². The maximum atomic E-state index is 12.3. The number of carbonyl (C=O) groups excluding carboxylic acids is 1. The quantitative estimate of drug-likeness (QED) is 0.453. The fourth-order valence-corrected chi connectivity index (χ4v) is 3.88. The van der Waals surface area contributed by atoms with E-state index in [0.717, 1.165) is 23.4 Å². The minimum absolute atomic E-state index is 0.0869. The Kier molecular flexibility index (Phi) is 7.53. The lowest BCUT2D eigenvalue weighted by Gasteiger charge is -2.06. The SMILES string of the molecule is O=C(NCc1nc(-c2ccncc2)n[nH]1)c1ccc(C2CCCN2)s1.O=C(O)C(F)(F)F. The van der Waals surface area contributed by atoms with Gasteiger partial charge in [-0.2, -0.15) is 18.3 Å². The molecule has 0 radical (unpaired) electrons. The van der Waals surface area contributed by atoms with Crippen molar-refractivity contribution in [3.8, 4) is 11.4 Å². The highest BCUT2D eigenvalue weighted by Gasteiger charge is 2.38. The summed E-state index contributed by atoms with van der Waals surface area (Å²) in [6.07, 6.45) is 0.633. The molecule has 9 nitrogen and oxygen atoms in total. The van der Waals surface area contributed by atoms with Crippen molar-refractivity contribution in [2.24, 2.45) is 0 Å². The van der Waals surface area contributed by atoms with Gasteiger partial charge in [0.2, 0.25) is 0 Å². The van der Waals surface area contributed by atoms with Crippen molar-refractivity contribution in [3.63, 3.8) is 0 Å². The van der Waals surface area contributed by atoms with Crippen LogP contribution >= 0.6 is 11.3 Å². The van der Waals surface area contributed by atoms with Crippen LogP contribution in [-0.4, -0.2) is 49.9 Å². The van der Waals surface area contributed by atoms with Gasteiger partial charge in [-0.3, -0.25) is 14.9 Å². The zero-order valence-electron chi connectivity index (χ0n) is 16.5. The second-order valence-corrected chi connectivity index (χ2v) is 7.79. The molecular formula is C19H19F3N6O3S. The molecule has 1 amide bonds. The van der Waals surface area contributed by atoms with Crippen LogP contribution in [0.4, 0.5) is 13.2 Å². The van der Waals surface area contributed by atoms with E-state index in [1.165, 1.54) is 11.3 Å². The molecule has 1 unspecified atom stereocenters. The van der Waals surface area contributed by atoms with E-state index in [-0.39, 0.29) is 5.91 Å². The van der Waals surface area contributed by atoms with Gasteiger partial charge in [0.1, 0.15) is 5.82 Å². The van der Waals surface area contributed by atoms with Gasteiger partial charge in [0.05, 0.1) is 11.4 Å². The van der Waals surface area contributed by atoms with Crippen molar-refractivity contribution in [2.45, 2.75) is 31.6 Å². The number of aromatic nitrogens is 4. The molecule has 4 N–H and O–H groups in total. The van der Waals surface area contributed by atoms with Gasteiger partial charge in [0.15, 0.2) is 5.82 Å². The topological polar surface area (TPSA) is 133 Å². The Morgan fingerprint density at radius 3 is 2.56 bits per heavy atom. The molecule has 4 rings (SSSR count). The zero-order chi connectivity index (χ0) is 23.1. The standard InChI is InChI=1S/C17H18N6OS.C2HF3O2/c24-17(14-4-3-13(25-14)12-2-1-7-19-12)20-10-15-21-16(23-22-15)11-5-8-18-9-6-11;3-2(4,5)1(6)7/h3-6,8-9,12,19H,1-2,7,10H2,(H,20,24)(H,21,22,23);(H,6,7). The van der Waals surface area contributed by atoms with Gasteiger partial charge >= 0.3 is 12.1 Å². The highest BCUT2D eigenvalue weighted by Crippen LogP contribution is 2.29. The molecule has 0 aliphatic carbocycles. The number of hydrogen-bond donors (Lipinski definition) is 4. The molecule has 1 saturated heterocycles. The van der Waals surface area contributed by atoms with E-state index < -0.39 is 12.1 Å². The van der Waals surface area contributed by atoms with E-state index in [0.29, 0.717) is 24.2 Å². The Morgan fingerprint density at radius 2 is 1.94 bits per heavy atom. The summed E-state index contributed by atoms with van der Waals surface area (Å²) in [6, 6.07) is 8.01. The highest BCUT2D eigenvalue weighted by molar-refractivity contribution is 7.14. The van der Waals surface area contributed by atoms with Gasteiger partial charge in [-0.1, -0.05) is 0 Å². The van der Waals surface area contributed by atoms with Gasteiger partial charge in [-0.25, -0.2) is 9.78 Å². The number of thiophene rings is 1. The molecule has 0 bridgehead atoms. The van der Waals surface area contributed by atoms with Crippen LogP contribution in [0.5, 0.6) is 0 Å². The summed E-state index contributed by atoms with van der Waals surface area (Å²) in [4.78, 5) is 31.5. The summed E-state index contributed by atoms with van der Waals surface area (Å²) in [5.74, 6) is -1.63. The lowest BCUT2D eigenvalue weighted by Crippen LogP contribution is -2.22. The third-order valence-electron chi connectivity index (χ3n) is 4.38. The number of H-pyrrole nitrogens is 1. The maximum Gasteiger partial charge on any atom is 0.490 e. The lowest BCUT2D eigenvalue weighted by molar-refractivity contribution is -0.192. The number of pyridine rings is 1. The number of carboxylic acids is 1. The molecule has 0 saturated carbocycles. The average molecular weight is 468 g/mol. The molecule has 3 aromatic rings. The van der Waals surface area contributed by atoms with Gasteiger partial charge in [0, 0.05) is 28.9 Å². The van der Waals surface area contributed by atoms with E-state index >= 15 is 0 Å². The number of aliphatic carboxylic acids is 1. The first-order valence-electron chi connectivity index (χ1n) is 9.47. The van der Waals surface area contributed by atoms with Crippen LogP contribution in [0.25, 0.3) is 11.4 Å². The fraction of sp³-hybridized carbons (Fsp3) is 0.316. The number of amides is 1. The van der Waals surface area contributed by atoms with Gasteiger partial charge in [0.25, 0.3) is 5.91 Å². The van der Waals surface area contributed by atoms with Crippen LogP contribution in [0.3, 0.4) is 0 Å². The van der Waals surface area contributed by atoms with Crippen molar-refractivity contribution in [1.29, 1.82) is 0 Å². The zero-order valence-corrected chi connectivity index (χ0v) is 17.3. The smallest absolute Gasteiger partial charge is 0.475 e. The summed E-state index contributed by atoms with van der Waals surface area (Å²) in [7, 11) is 0. The molecule has 1 fully saturated rings. The van der Waals surface area contributed by atoms with Crippen molar-refractivity contribution < 1.29 is 27.9 Å². The summed E-state index contributed by atoms with van der Waals surface area (Å²) >= 11 is 1.55. The lowest BCUT2D eigenvalue weighted by atomic mass is 10.2. The van der Waals surface area contributed by atoms with Crippen LogP contribution in [-0.2, 0) is 11.3 Å². The van der Waals surface area contributed by atoms with Crippen molar-refractivity contribution in [2.75, 3.05) is 6.54 Å². The molecule has 13 heteroatoms. The van der Waals surface area contributed by atoms with Crippen LogP contribution < -0.4 is 10.6 Å². The van der Waals surface area contributed by atoms with Gasteiger partial charge in [-0.15, -0.1) is 11.3 Å². The van der Waals surface area contributed by atoms with E-state index in [1.807, 2.05) is 24.3 Å². The number of nitrogens with one attached hydrogen (secondary N) is 3. The van der Waals surface area contributed by atoms with Crippen molar-refractivity contribution >= 4 is 23.2 Å². The minimum Gasteiger partial charge on any atom is -0.475 e. The maximum absolute atomic E-state index is 12.3. The molecule has 170 valence electrons. The molecule has 1 aliphatic heterocycles. The summed E-state index contributed by atoms with van der Waals surface area (Å²) < 4.78 is 31.7. The normalized spacial score (nSPS) is 15.7. The number of carboxylic acid groups (broad SMARTS) is 1. The number of nitrogens with zero attached hydrogens (tertiary/aromatic N) is 3. The molecule has 32 heavy (non-hydrogen) atoms. The Morgan fingerprint density at radius 1 is 1.22 bits per heavy atom. The Hall–Kier alpha value is -3.32. The van der Waals surface area contributed by atoms with Crippen molar-refractivity contribution in [3.05, 3.63) is 52.2 Å². The Balaban J connectivity index is 0.000000360. The molecular weight excluding hydrogens is 449 g/mol. The predicted octanol–water partition coefficient (Wildman–Crippen LogP) is 2.92. The van der Waals surface area contributed by atoms with Crippen LogP contribution in [0.2, 0.25) is 0 Å². The molecule has 1 aliphatic rings. The molecule has 1 atom stereocenters. The van der Waals surface area contributed by atoms with E-state index in [4.69, 9.17) is 9.90 Å². The van der Waals surface area contributed by atoms with Crippen molar-refractivity contribution in [1.82, 2.24) is 30.8 Å².